The molecule has 0 bridgehead atoms. The van der Waals surface area contributed by atoms with E-state index in [1.54, 1.807) is 13.1 Å². The molecular formula is C17H20FNO. The van der Waals surface area contributed by atoms with Crippen LogP contribution in [0, 0.1) is 5.82 Å². The van der Waals surface area contributed by atoms with Crippen molar-refractivity contribution in [1.29, 1.82) is 0 Å². The Bertz CT molecular complexity index is 556. The summed E-state index contributed by atoms with van der Waals surface area (Å²) in [6, 6.07) is 15.0. The molecule has 2 nitrogen and oxygen atoms in total. The molecule has 0 aliphatic carbocycles. The lowest BCUT2D eigenvalue weighted by Crippen LogP contribution is -2.23. The first-order valence-corrected chi connectivity index (χ1v) is 6.80. The fourth-order valence-electron chi connectivity index (χ4n) is 2.23. The van der Waals surface area contributed by atoms with Crippen LogP contribution in [0.4, 0.5) is 4.39 Å². The minimum absolute atomic E-state index is 0.0259. The van der Waals surface area contributed by atoms with Crippen molar-refractivity contribution in [2.75, 3.05) is 7.05 Å². The van der Waals surface area contributed by atoms with Gasteiger partial charge in [0.05, 0.1) is 6.10 Å². The summed E-state index contributed by atoms with van der Waals surface area (Å²) in [7, 11) is 1.72. The van der Waals surface area contributed by atoms with Crippen molar-refractivity contribution in [3.63, 3.8) is 0 Å². The molecule has 0 spiro atoms. The van der Waals surface area contributed by atoms with Crippen LogP contribution in [-0.4, -0.2) is 13.2 Å². The Labute approximate surface area is 119 Å². The van der Waals surface area contributed by atoms with Crippen LogP contribution in [0.1, 0.15) is 25.3 Å². The number of nitrogens with one attached hydrogen (secondary N) is 1. The van der Waals surface area contributed by atoms with Crippen molar-refractivity contribution in [2.24, 2.45) is 0 Å². The molecule has 2 aromatic rings. The first-order chi connectivity index (χ1) is 9.63. The molecule has 1 N–H and O–H groups in total. The maximum Gasteiger partial charge on any atom is 0.131 e. The van der Waals surface area contributed by atoms with Crippen molar-refractivity contribution in [1.82, 2.24) is 5.48 Å². The topological polar surface area (TPSA) is 21.3 Å². The zero-order valence-corrected chi connectivity index (χ0v) is 12.1. The van der Waals surface area contributed by atoms with Gasteiger partial charge < -0.3 is 0 Å². The Morgan fingerprint density at radius 2 is 1.75 bits per heavy atom. The predicted octanol–water partition coefficient (Wildman–Crippen LogP) is 4.14. The van der Waals surface area contributed by atoms with Crippen LogP contribution in [0.5, 0.6) is 0 Å². The summed E-state index contributed by atoms with van der Waals surface area (Å²) >= 11 is 0. The number of hydrogen-bond donors (Lipinski definition) is 1. The zero-order chi connectivity index (χ0) is 14.5. The van der Waals surface area contributed by atoms with Crippen molar-refractivity contribution in [3.8, 4) is 11.1 Å². The first kappa shape index (κ1) is 14.7. The molecule has 0 fully saturated rings. The zero-order valence-electron chi connectivity index (χ0n) is 12.1. The SMILES string of the molecule is CNOC(C)C(C)c1ccc(-c2ccccc2)c(F)c1. The van der Waals surface area contributed by atoms with E-state index in [1.807, 2.05) is 56.3 Å². The average molecular weight is 273 g/mol. The van der Waals surface area contributed by atoms with Gasteiger partial charge in [0.25, 0.3) is 0 Å². The highest BCUT2D eigenvalue weighted by molar-refractivity contribution is 5.64. The van der Waals surface area contributed by atoms with Crippen molar-refractivity contribution < 1.29 is 9.23 Å². The van der Waals surface area contributed by atoms with Gasteiger partial charge in [0.2, 0.25) is 0 Å². The molecule has 0 aliphatic heterocycles. The normalized spacial score (nSPS) is 14.0. The summed E-state index contributed by atoms with van der Waals surface area (Å²) in [5.41, 5.74) is 5.13. The van der Waals surface area contributed by atoms with E-state index < -0.39 is 0 Å². The molecule has 0 saturated carbocycles. The second kappa shape index (κ2) is 6.64. The van der Waals surface area contributed by atoms with E-state index in [1.165, 1.54) is 0 Å². The number of halogens is 1. The molecule has 20 heavy (non-hydrogen) atoms. The maximum absolute atomic E-state index is 14.3. The molecule has 0 aromatic heterocycles. The van der Waals surface area contributed by atoms with Gasteiger partial charge in [-0.2, -0.15) is 0 Å². The molecule has 0 heterocycles. The van der Waals surface area contributed by atoms with Crippen LogP contribution < -0.4 is 5.48 Å². The molecule has 2 rings (SSSR count). The van der Waals surface area contributed by atoms with Gasteiger partial charge in [-0.25, -0.2) is 9.87 Å². The second-order valence-corrected chi connectivity index (χ2v) is 4.92. The highest BCUT2D eigenvalue weighted by Crippen LogP contribution is 2.27. The lowest BCUT2D eigenvalue weighted by molar-refractivity contribution is -0.0131. The van der Waals surface area contributed by atoms with Gasteiger partial charge in [0.1, 0.15) is 5.82 Å². The molecule has 3 heteroatoms. The van der Waals surface area contributed by atoms with Crippen molar-refractivity contribution in [3.05, 3.63) is 59.9 Å². The van der Waals surface area contributed by atoms with Gasteiger partial charge in [-0.15, -0.1) is 0 Å². The third kappa shape index (κ3) is 3.24. The molecule has 0 amide bonds. The van der Waals surface area contributed by atoms with Crippen LogP contribution >= 0.6 is 0 Å². The molecule has 0 radical (unpaired) electrons. The van der Waals surface area contributed by atoms with Crippen LogP contribution in [0.2, 0.25) is 0 Å². The Morgan fingerprint density at radius 3 is 2.35 bits per heavy atom. The lowest BCUT2D eigenvalue weighted by atomic mass is 9.94. The molecule has 0 saturated heterocycles. The van der Waals surface area contributed by atoms with Gasteiger partial charge in [-0.05, 0) is 24.1 Å². The number of rotatable bonds is 5. The van der Waals surface area contributed by atoms with Gasteiger partial charge in [-0.3, -0.25) is 4.84 Å². The van der Waals surface area contributed by atoms with Crippen molar-refractivity contribution in [2.45, 2.75) is 25.9 Å². The van der Waals surface area contributed by atoms with E-state index in [0.29, 0.717) is 5.56 Å². The highest BCUT2D eigenvalue weighted by atomic mass is 19.1. The average Bonchev–Trinajstić information content (AvgIpc) is 2.47. The number of hydrogen-bond acceptors (Lipinski definition) is 2. The summed E-state index contributed by atoms with van der Waals surface area (Å²) in [6.07, 6.45) is -0.0259. The van der Waals surface area contributed by atoms with Gasteiger partial charge in [0, 0.05) is 18.5 Å². The third-order valence-electron chi connectivity index (χ3n) is 3.61. The van der Waals surface area contributed by atoms with Crippen LogP contribution in [0.3, 0.4) is 0 Å². The van der Waals surface area contributed by atoms with E-state index in [4.69, 9.17) is 4.84 Å². The number of hydroxylamine groups is 1. The summed E-state index contributed by atoms with van der Waals surface area (Å²) in [6.45, 7) is 3.99. The standard InChI is InChI=1S/C17H20FNO/c1-12(13(2)20-19-3)15-9-10-16(17(18)11-15)14-7-5-4-6-8-14/h4-13,19H,1-3H3. The molecule has 2 atom stereocenters. The summed E-state index contributed by atoms with van der Waals surface area (Å²) in [4.78, 5) is 5.34. The summed E-state index contributed by atoms with van der Waals surface area (Å²) < 4.78 is 14.3. The molecule has 2 aromatic carbocycles. The summed E-state index contributed by atoms with van der Waals surface area (Å²) in [5.74, 6) is -0.0843. The highest BCUT2D eigenvalue weighted by Gasteiger charge is 2.16. The van der Waals surface area contributed by atoms with Crippen LogP contribution in [-0.2, 0) is 4.84 Å². The van der Waals surface area contributed by atoms with E-state index >= 15 is 0 Å². The van der Waals surface area contributed by atoms with E-state index in [2.05, 4.69) is 5.48 Å². The first-order valence-electron chi connectivity index (χ1n) is 6.80. The fraction of sp³-hybridized carbons (Fsp3) is 0.294. The molecule has 106 valence electrons. The van der Waals surface area contributed by atoms with E-state index in [-0.39, 0.29) is 17.8 Å². The van der Waals surface area contributed by atoms with Gasteiger partial charge >= 0.3 is 0 Å². The van der Waals surface area contributed by atoms with Crippen molar-refractivity contribution >= 4 is 0 Å². The third-order valence-corrected chi connectivity index (χ3v) is 3.61. The monoisotopic (exact) mass is 273 g/mol. The number of benzene rings is 2. The summed E-state index contributed by atoms with van der Waals surface area (Å²) in [5, 5.41) is 0. The Hall–Kier alpha value is -1.71. The van der Waals surface area contributed by atoms with Crippen LogP contribution in [0.25, 0.3) is 11.1 Å². The van der Waals surface area contributed by atoms with E-state index in [0.717, 1.165) is 11.1 Å². The Kier molecular flexibility index (Phi) is 4.88. The second-order valence-electron chi connectivity index (χ2n) is 4.92. The van der Waals surface area contributed by atoms with Gasteiger partial charge in [0.15, 0.2) is 0 Å². The Morgan fingerprint density at radius 1 is 1.05 bits per heavy atom. The maximum atomic E-state index is 14.3. The molecule has 0 aliphatic rings. The van der Waals surface area contributed by atoms with E-state index in [9.17, 15) is 4.39 Å². The van der Waals surface area contributed by atoms with Crippen LogP contribution in [0.15, 0.2) is 48.5 Å². The smallest absolute Gasteiger partial charge is 0.131 e. The molecular weight excluding hydrogens is 253 g/mol. The quantitative estimate of drug-likeness (QED) is 0.827. The fourth-order valence-corrected chi connectivity index (χ4v) is 2.23. The molecule has 2 unspecified atom stereocenters. The minimum atomic E-state index is -0.197. The Balaban J connectivity index is 2.26. The minimum Gasteiger partial charge on any atom is -0.298 e. The predicted molar refractivity (Wildman–Crippen MR) is 79.9 cm³/mol. The largest absolute Gasteiger partial charge is 0.298 e. The van der Waals surface area contributed by atoms with Gasteiger partial charge in [-0.1, -0.05) is 49.4 Å². The lowest BCUT2D eigenvalue weighted by Gasteiger charge is -2.20.